The van der Waals surface area contributed by atoms with Gasteiger partial charge in [-0.3, -0.25) is 10.1 Å². The van der Waals surface area contributed by atoms with Gasteiger partial charge in [0.25, 0.3) is 5.91 Å². The first-order valence-electron chi connectivity index (χ1n) is 5.94. The molecule has 0 spiro atoms. The van der Waals surface area contributed by atoms with Crippen LogP contribution >= 0.6 is 23.1 Å². The highest BCUT2D eigenvalue weighted by Gasteiger charge is 2.13. The molecule has 0 unspecified atom stereocenters. The number of amides is 1. The van der Waals surface area contributed by atoms with E-state index in [1.807, 2.05) is 30.5 Å². The van der Waals surface area contributed by atoms with E-state index in [4.69, 9.17) is 0 Å². The first-order valence-corrected chi connectivity index (χ1v) is 7.98. The fourth-order valence-electron chi connectivity index (χ4n) is 1.82. The smallest absolute Gasteiger partial charge is 0.260 e. The Balaban J connectivity index is 1.88. The molecule has 0 fully saturated rings. The Morgan fingerprint density at radius 3 is 2.90 bits per heavy atom. The molecule has 0 aliphatic rings. The number of hydrogen-bond acceptors (Lipinski definition) is 5. The van der Waals surface area contributed by atoms with Crippen molar-refractivity contribution in [2.24, 2.45) is 0 Å². The molecule has 2 aromatic heterocycles. The third-order valence-electron chi connectivity index (χ3n) is 2.72. The molecule has 4 nitrogen and oxygen atoms in total. The van der Waals surface area contributed by atoms with Crippen LogP contribution in [0.25, 0.3) is 10.2 Å². The van der Waals surface area contributed by atoms with Crippen LogP contribution in [0, 0.1) is 0 Å². The van der Waals surface area contributed by atoms with E-state index in [1.54, 1.807) is 18.3 Å². The normalized spacial score (nSPS) is 10.7. The summed E-state index contributed by atoms with van der Waals surface area (Å²) >= 11 is 2.91. The highest BCUT2D eigenvalue weighted by Crippen LogP contribution is 2.26. The van der Waals surface area contributed by atoms with Crippen LogP contribution in [0.2, 0.25) is 0 Å². The third-order valence-corrected chi connectivity index (χ3v) is 4.39. The van der Waals surface area contributed by atoms with Gasteiger partial charge in [0.2, 0.25) is 0 Å². The monoisotopic (exact) mass is 301 g/mol. The summed E-state index contributed by atoms with van der Waals surface area (Å²) < 4.78 is 1.05. The number of thioether (sulfide) groups is 1. The molecule has 20 heavy (non-hydrogen) atoms. The van der Waals surface area contributed by atoms with Gasteiger partial charge >= 0.3 is 0 Å². The van der Waals surface area contributed by atoms with Crippen molar-refractivity contribution in [2.45, 2.75) is 5.03 Å². The number of hydrogen-bond donors (Lipinski definition) is 1. The molecule has 1 amide bonds. The van der Waals surface area contributed by atoms with Gasteiger partial charge in [-0.05, 0) is 30.5 Å². The number of anilines is 1. The lowest BCUT2D eigenvalue weighted by Crippen LogP contribution is -2.13. The lowest BCUT2D eigenvalue weighted by atomic mass is 10.3. The predicted molar refractivity (Wildman–Crippen MR) is 83.6 cm³/mol. The second kappa shape index (κ2) is 5.60. The van der Waals surface area contributed by atoms with Crippen LogP contribution in [0.5, 0.6) is 0 Å². The van der Waals surface area contributed by atoms with Gasteiger partial charge in [-0.1, -0.05) is 23.5 Å². The summed E-state index contributed by atoms with van der Waals surface area (Å²) in [7, 11) is 0. The predicted octanol–water partition coefficient (Wildman–Crippen LogP) is 3.67. The Morgan fingerprint density at radius 2 is 2.10 bits per heavy atom. The molecule has 0 saturated carbocycles. The van der Waals surface area contributed by atoms with Crippen molar-refractivity contribution in [1.82, 2.24) is 9.97 Å². The Hall–Kier alpha value is -1.92. The molecule has 3 aromatic rings. The number of para-hydroxylation sites is 1. The van der Waals surface area contributed by atoms with Crippen LogP contribution in [0.4, 0.5) is 5.13 Å². The number of nitrogens with zero attached hydrogens (tertiary/aromatic N) is 2. The zero-order chi connectivity index (χ0) is 13.9. The number of aromatic nitrogens is 2. The lowest BCUT2D eigenvalue weighted by molar-refractivity contribution is 0.102. The van der Waals surface area contributed by atoms with Crippen LogP contribution in [0.3, 0.4) is 0 Å². The maximum absolute atomic E-state index is 12.3. The molecular weight excluding hydrogens is 290 g/mol. The van der Waals surface area contributed by atoms with Gasteiger partial charge in [-0.15, -0.1) is 11.8 Å². The van der Waals surface area contributed by atoms with E-state index < -0.39 is 0 Å². The first kappa shape index (κ1) is 13.1. The summed E-state index contributed by atoms with van der Waals surface area (Å²) in [6, 6.07) is 11.3. The van der Waals surface area contributed by atoms with Crippen LogP contribution in [0.15, 0.2) is 47.6 Å². The van der Waals surface area contributed by atoms with Crippen molar-refractivity contribution in [3.8, 4) is 0 Å². The van der Waals surface area contributed by atoms with E-state index in [9.17, 15) is 4.79 Å². The average Bonchev–Trinajstić information content (AvgIpc) is 2.89. The number of thiazole rings is 1. The number of pyridine rings is 1. The van der Waals surface area contributed by atoms with E-state index in [2.05, 4.69) is 15.3 Å². The summed E-state index contributed by atoms with van der Waals surface area (Å²) in [5.41, 5.74) is 1.46. The number of fused-ring (bicyclic) bond motifs is 1. The zero-order valence-corrected chi connectivity index (χ0v) is 12.3. The molecule has 0 radical (unpaired) electrons. The molecule has 1 N–H and O–H groups in total. The van der Waals surface area contributed by atoms with E-state index in [0.717, 1.165) is 10.2 Å². The molecular formula is C14H11N3OS2. The van der Waals surface area contributed by atoms with Crippen molar-refractivity contribution in [3.63, 3.8) is 0 Å². The number of carbonyl (C=O) groups excluding carboxylic acids is 1. The summed E-state index contributed by atoms with van der Waals surface area (Å²) in [4.78, 5) is 20.9. The number of benzene rings is 1. The minimum absolute atomic E-state index is 0.179. The second-order valence-corrected chi connectivity index (χ2v) is 5.83. The lowest BCUT2D eigenvalue weighted by Gasteiger charge is -2.04. The molecule has 0 bridgehead atoms. The summed E-state index contributed by atoms with van der Waals surface area (Å²) in [5.74, 6) is -0.179. The van der Waals surface area contributed by atoms with Crippen LogP contribution < -0.4 is 5.32 Å². The molecule has 100 valence electrons. The van der Waals surface area contributed by atoms with Crippen LogP contribution in [-0.4, -0.2) is 22.1 Å². The molecule has 0 aliphatic heterocycles. The Kier molecular flexibility index (Phi) is 3.66. The van der Waals surface area contributed by atoms with Crippen molar-refractivity contribution in [1.29, 1.82) is 0 Å². The van der Waals surface area contributed by atoms with Crippen LogP contribution in [-0.2, 0) is 0 Å². The molecule has 0 atom stereocenters. The molecule has 2 heterocycles. The van der Waals surface area contributed by atoms with Gasteiger partial charge in [0.15, 0.2) is 5.13 Å². The van der Waals surface area contributed by atoms with Crippen LogP contribution in [0.1, 0.15) is 10.4 Å². The standard InChI is InChI=1S/C14H11N3OS2/c1-19-13-9(5-4-8-15-13)12(18)17-14-16-10-6-2-3-7-11(10)20-14/h2-8H,1H3,(H,16,17,18). The largest absolute Gasteiger partial charge is 0.298 e. The fourth-order valence-corrected chi connectivity index (χ4v) is 3.22. The van der Waals surface area contributed by atoms with E-state index >= 15 is 0 Å². The van der Waals surface area contributed by atoms with Crippen molar-refractivity contribution in [3.05, 3.63) is 48.2 Å². The maximum Gasteiger partial charge on any atom is 0.260 e. The Bertz CT molecular complexity index is 737. The first-order chi connectivity index (χ1) is 9.78. The summed E-state index contributed by atoms with van der Waals surface area (Å²) in [6.45, 7) is 0. The fraction of sp³-hybridized carbons (Fsp3) is 0.0714. The average molecular weight is 301 g/mol. The number of rotatable bonds is 3. The Morgan fingerprint density at radius 1 is 1.25 bits per heavy atom. The van der Waals surface area contributed by atoms with Gasteiger partial charge < -0.3 is 0 Å². The number of carbonyl (C=O) groups is 1. The number of nitrogens with one attached hydrogen (secondary N) is 1. The minimum atomic E-state index is -0.179. The van der Waals surface area contributed by atoms with E-state index in [0.29, 0.717) is 15.7 Å². The quantitative estimate of drug-likeness (QED) is 0.750. The van der Waals surface area contributed by atoms with Gasteiger partial charge in [-0.2, -0.15) is 0 Å². The van der Waals surface area contributed by atoms with Crippen molar-refractivity contribution >= 4 is 44.4 Å². The summed E-state index contributed by atoms with van der Waals surface area (Å²) in [5, 5.41) is 4.16. The van der Waals surface area contributed by atoms with Gasteiger partial charge in [0, 0.05) is 6.20 Å². The molecule has 1 aromatic carbocycles. The van der Waals surface area contributed by atoms with Crippen molar-refractivity contribution < 1.29 is 4.79 Å². The molecule has 3 rings (SSSR count). The van der Waals surface area contributed by atoms with E-state index in [-0.39, 0.29) is 5.91 Å². The third kappa shape index (κ3) is 2.52. The molecule has 0 aliphatic carbocycles. The maximum atomic E-state index is 12.3. The van der Waals surface area contributed by atoms with Gasteiger partial charge in [0.1, 0.15) is 5.03 Å². The second-order valence-electron chi connectivity index (χ2n) is 4.00. The van der Waals surface area contributed by atoms with Gasteiger partial charge in [-0.25, -0.2) is 9.97 Å². The van der Waals surface area contributed by atoms with Crippen molar-refractivity contribution in [2.75, 3.05) is 11.6 Å². The minimum Gasteiger partial charge on any atom is -0.298 e. The zero-order valence-electron chi connectivity index (χ0n) is 10.7. The SMILES string of the molecule is CSc1ncccc1C(=O)Nc1nc2ccccc2s1. The highest BCUT2D eigenvalue weighted by atomic mass is 32.2. The van der Waals surface area contributed by atoms with Gasteiger partial charge in [0.05, 0.1) is 15.8 Å². The molecule has 0 saturated heterocycles. The van der Waals surface area contributed by atoms with E-state index in [1.165, 1.54) is 23.1 Å². The molecule has 6 heteroatoms. The Labute approximate surface area is 124 Å². The highest BCUT2D eigenvalue weighted by molar-refractivity contribution is 7.98. The topological polar surface area (TPSA) is 54.9 Å². The summed E-state index contributed by atoms with van der Waals surface area (Å²) in [6.07, 6.45) is 3.58.